The minimum atomic E-state index is -0.512. The van der Waals surface area contributed by atoms with Crippen molar-refractivity contribution in [1.82, 2.24) is 35.5 Å². The van der Waals surface area contributed by atoms with Crippen LogP contribution in [0.4, 0.5) is 0 Å². The molecule has 1 aromatic carbocycles. The number of hydrogen-bond acceptors (Lipinski definition) is 6. The number of amides is 2. The normalized spacial score (nSPS) is 23.2. The number of benzene rings is 1. The SMILES string of the molecule is C=C/C=C\C(=C/C)C1CNC(C(=O)N2CC(Cc3ccncc3)CC2C(=O)NCc2ccc3c(c2)nnn3C)C1. The molecule has 0 saturated carbocycles. The molecule has 40 heavy (non-hydrogen) atoms. The number of carbonyl (C=O) groups excluding carboxylic acids is 2. The number of rotatable bonds is 9. The first kappa shape index (κ1) is 27.5. The average Bonchev–Trinajstić information content (AvgIpc) is 3.72. The monoisotopic (exact) mass is 539 g/mol. The second-order valence-corrected chi connectivity index (χ2v) is 10.7. The lowest BCUT2D eigenvalue weighted by Crippen LogP contribution is -2.51. The molecule has 2 aromatic heterocycles. The fraction of sp³-hybridized carbons (Fsp3) is 0.387. The van der Waals surface area contributed by atoms with E-state index >= 15 is 0 Å². The lowest BCUT2D eigenvalue weighted by atomic mass is 9.95. The van der Waals surface area contributed by atoms with Crippen LogP contribution in [0.15, 0.2) is 79.2 Å². The molecule has 2 aliphatic rings. The quantitative estimate of drug-likeness (QED) is 0.405. The third kappa shape index (κ3) is 6.04. The topological polar surface area (TPSA) is 105 Å². The molecule has 0 spiro atoms. The maximum Gasteiger partial charge on any atom is 0.243 e. The van der Waals surface area contributed by atoms with Gasteiger partial charge < -0.3 is 15.5 Å². The molecule has 4 heterocycles. The van der Waals surface area contributed by atoms with E-state index in [0.29, 0.717) is 25.9 Å². The van der Waals surface area contributed by atoms with E-state index in [-0.39, 0.29) is 29.7 Å². The molecule has 4 unspecified atom stereocenters. The Hall–Kier alpha value is -4.11. The molecule has 2 fully saturated rings. The van der Waals surface area contributed by atoms with Gasteiger partial charge in [-0.3, -0.25) is 14.6 Å². The summed E-state index contributed by atoms with van der Waals surface area (Å²) in [4.78, 5) is 33.3. The van der Waals surface area contributed by atoms with E-state index in [9.17, 15) is 9.59 Å². The molecule has 3 aromatic rings. The van der Waals surface area contributed by atoms with E-state index in [4.69, 9.17) is 0 Å². The first-order chi connectivity index (χ1) is 19.5. The predicted molar refractivity (Wildman–Crippen MR) is 155 cm³/mol. The summed E-state index contributed by atoms with van der Waals surface area (Å²) in [5.74, 6) is 0.317. The molecule has 208 valence electrons. The lowest BCUT2D eigenvalue weighted by molar-refractivity contribution is -0.139. The zero-order valence-electron chi connectivity index (χ0n) is 23.2. The van der Waals surface area contributed by atoms with E-state index in [1.807, 2.05) is 55.3 Å². The Kier molecular flexibility index (Phi) is 8.50. The van der Waals surface area contributed by atoms with Crippen molar-refractivity contribution < 1.29 is 9.59 Å². The summed E-state index contributed by atoms with van der Waals surface area (Å²) >= 11 is 0. The maximum atomic E-state index is 13.9. The number of aryl methyl sites for hydroxylation is 1. The first-order valence-electron chi connectivity index (χ1n) is 13.9. The van der Waals surface area contributed by atoms with E-state index in [2.05, 4.69) is 44.7 Å². The van der Waals surface area contributed by atoms with Gasteiger partial charge in [-0.2, -0.15) is 0 Å². The second-order valence-electron chi connectivity index (χ2n) is 10.7. The van der Waals surface area contributed by atoms with Crippen LogP contribution in [-0.4, -0.2) is 61.9 Å². The van der Waals surface area contributed by atoms with Crippen LogP contribution >= 0.6 is 0 Å². The van der Waals surface area contributed by atoms with Crippen LogP contribution in [0.25, 0.3) is 11.0 Å². The molecule has 0 aliphatic carbocycles. The Morgan fingerprint density at radius 2 is 2.00 bits per heavy atom. The molecular formula is C31H37N7O2. The molecule has 2 amide bonds. The molecular weight excluding hydrogens is 502 g/mol. The summed E-state index contributed by atoms with van der Waals surface area (Å²) in [6.07, 6.45) is 13.5. The van der Waals surface area contributed by atoms with Crippen LogP contribution in [0.2, 0.25) is 0 Å². The number of hydrogen-bond donors (Lipinski definition) is 2. The highest BCUT2D eigenvalue weighted by atomic mass is 16.2. The Labute approximate surface area is 235 Å². The molecule has 0 bridgehead atoms. The van der Waals surface area contributed by atoms with E-state index < -0.39 is 6.04 Å². The number of fused-ring (bicyclic) bond motifs is 1. The van der Waals surface area contributed by atoms with Gasteiger partial charge in [-0.05, 0) is 79.0 Å². The molecule has 0 radical (unpaired) electrons. The van der Waals surface area contributed by atoms with Gasteiger partial charge >= 0.3 is 0 Å². The van der Waals surface area contributed by atoms with Gasteiger partial charge in [0.1, 0.15) is 11.6 Å². The molecule has 9 heteroatoms. The summed E-state index contributed by atoms with van der Waals surface area (Å²) in [5.41, 5.74) is 5.02. The summed E-state index contributed by atoms with van der Waals surface area (Å²) < 4.78 is 1.72. The van der Waals surface area contributed by atoms with Crippen LogP contribution in [0.3, 0.4) is 0 Å². The molecule has 2 aliphatic heterocycles. The van der Waals surface area contributed by atoms with Crippen LogP contribution in [0, 0.1) is 11.8 Å². The highest BCUT2D eigenvalue weighted by Crippen LogP contribution is 2.30. The van der Waals surface area contributed by atoms with Crippen LogP contribution in [0.1, 0.15) is 30.9 Å². The van der Waals surface area contributed by atoms with Crippen molar-refractivity contribution in [3.05, 3.63) is 90.3 Å². The largest absolute Gasteiger partial charge is 0.350 e. The average molecular weight is 540 g/mol. The van der Waals surface area contributed by atoms with E-state index in [1.165, 1.54) is 5.57 Å². The van der Waals surface area contributed by atoms with Gasteiger partial charge in [-0.1, -0.05) is 42.2 Å². The standard InChI is InChI=1S/C31H37N7O2/c1-4-6-7-24(5-2)25-17-27(33-19-25)31(40)38-20-23(14-21-10-12-32-13-11-21)16-29(38)30(39)34-18-22-8-9-28-26(15-22)35-36-37(28)3/h4-13,15,23,25,27,29,33H,1,14,16-20H2,2-3H3,(H,34,39)/b7-6-,24-5+. The lowest BCUT2D eigenvalue weighted by Gasteiger charge is -2.27. The number of pyridine rings is 1. The Morgan fingerprint density at radius 3 is 2.77 bits per heavy atom. The van der Waals surface area contributed by atoms with Crippen molar-refractivity contribution in [2.45, 2.75) is 44.8 Å². The number of likely N-dealkylation sites (tertiary alicyclic amines) is 1. The Bertz CT molecular complexity index is 1430. The summed E-state index contributed by atoms with van der Waals surface area (Å²) in [6.45, 7) is 7.43. The van der Waals surface area contributed by atoms with Crippen molar-refractivity contribution in [3.63, 3.8) is 0 Å². The van der Waals surface area contributed by atoms with Gasteiger partial charge in [-0.25, -0.2) is 4.68 Å². The van der Waals surface area contributed by atoms with Gasteiger partial charge in [0, 0.05) is 39.1 Å². The Balaban J connectivity index is 1.29. The maximum absolute atomic E-state index is 13.9. The summed E-state index contributed by atoms with van der Waals surface area (Å²) in [6, 6.07) is 9.04. The van der Waals surface area contributed by atoms with Gasteiger partial charge in [0.15, 0.2) is 0 Å². The number of aromatic nitrogens is 4. The van der Waals surface area contributed by atoms with Crippen molar-refractivity contribution in [2.75, 3.05) is 13.1 Å². The highest BCUT2D eigenvalue weighted by molar-refractivity contribution is 5.90. The third-order valence-electron chi connectivity index (χ3n) is 8.05. The highest BCUT2D eigenvalue weighted by Gasteiger charge is 2.43. The number of carbonyl (C=O) groups is 2. The van der Waals surface area contributed by atoms with Crippen molar-refractivity contribution >= 4 is 22.8 Å². The molecule has 2 N–H and O–H groups in total. The first-order valence-corrected chi connectivity index (χ1v) is 13.9. The summed E-state index contributed by atoms with van der Waals surface area (Å²) in [5, 5.41) is 14.7. The molecule has 5 rings (SSSR count). The van der Waals surface area contributed by atoms with E-state index in [0.717, 1.165) is 35.1 Å². The van der Waals surface area contributed by atoms with Crippen LogP contribution in [0.5, 0.6) is 0 Å². The number of allylic oxidation sites excluding steroid dienone is 4. The van der Waals surface area contributed by atoms with Gasteiger partial charge in [-0.15, -0.1) is 5.10 Å². The second kappa shape index (κ2) is 12.4. The predicted octanol–water partition coefficient (Wildman–Crippen LogP) is 3.11. The molecule has 4 atom stereocenters. The minimum absolute atomic E-state index is 0.00371. The Morgan fingerprint density at radius 1 is 1.18 bits per heavy atom. The van der Waals surface area contributed by atoms with Gasteiger partial charge in [0.2, 0.25) is 11.8 Å². The molecule has 2 saturated heterocycles. The van der Waals surface area contributed by atoms with Crippen LogP contribution < -0.4 is 10.6 Å². The zero-order chi connectivity index (χ0) is 28.1. The molecule has 9 nitrogen and oxygen atoms in total. The van der Waals surface area contributed by atoms with Crippen molar-refractivity contribution in [2.24, 2.45) is 18.9 Å². The van der Waals surface area contributed by atoms with E-state index in [1.54, 1.807) is 23.2 Å². The smallest absolute Gasteiger partial charge is 0.243 e. The van der Waals surface area contributed by atoms with Crippen molar-refractivity contribution in [3.8, 4) is 0 Å². The summed E-state index contributed by atoms with van der Waals surface area (Å²) in [7, 11) is 1.85. The fourth-order valence-corrected chi connectivity index (χ4v) is 5.94. The van der Waals surface area contributed by atoms with Gasteiger partial charge in [0.05, 0.1) is 11.6 Å². The number of nitrogens with one attached hydrogen (secondary N) is 2. The number of nitrogens with zero attached hydrogens (tertiary/aromatic N) is 5. The zero-order valence-corrected chi connectivity index (χ0v) is 23.2. The third-order valence-corrected chi connectivity index (χ3v) is 8.05. The minimum Gasteiger partial charge on any atom is -0.350 e. The van der Waals surface area contributed by atoms with Gasteiger partial charge in [0.25, 0.3) is 0 Å². The van der Waals surface area contributed by atoms with Crippen LogP contribution in [-0.2, 0) is 29.6 Å². The fourth-order valence-electron chi connectivity index (χ4n) is 5.94. The van der Waals surface area contributed by atoms with Crippen molar-refractivity contribution in [1.29, 1.82) is 0 Å².